The first kappa shape index (κ1) is 10.4. The molecule has 2 fully saturated rings. The Morgan fingerprint density at radius 2 is 2.07 bits per heavy atom. The van der Waals surface area contributed by atoms with Gasteiger partial charge in [0.2, 0.25) is 0 Å². The maximum Gasteiger partial charge on any atom is 0.0619 e. The second-order valence-electron chi connectivity index (χ2n) is 4.36. The van der Waals surface area contributed by atoms with Crippen LogP contribution in [0.1, 0.15) is 25.7 Å². The molecule has 0 aromatic heterocycles. The molecule has 14 heavy (non-hydrogen) atoms. The fraction of sp³-hybridized carbons (Fsp3) is 1.00. The Balaban J connectivity index is 1.60. The highest BCUT2D eigenvalue weighted by Crippen LogP contribution is 2.15. The number of nitrogens with one attached hydrogen (secondary N) is 1. The molecule has 3 nitrogen and oxygen atoms in total. The number of hydrogen-bond acceptors (Lipinski definition) is 3. The summed E-state index contributed by atoms with van der Waals surface area (Å²) in [6, 6.07) is 0. The van der Waals surface area contributed by atoms with Crippen molar-refractivity contribution in [2.45, 2.75) is 31.8 Å². The topological polar surface area (TPSA) is 30.5 Å². The summed E-state index contributed by atoms with van der Waals surface area (Å²) in [4.78, 5) is 0. The van der Waals surface area contributed by atoms with Crippen LogP contribution in [0, 0.1) is 5.92 Å². The number of rotatable bonds is 3. The molecule has 0 saturated carbocycles. The average molecular weight is 199 g/mol. The lowest BCUT2D eigenvalue weighted by atomic mass is 10.0. The summed E-state index contributed by atoms with van der Waals surface area (Å²) in [6.45, 7) is 5.04. The molecule has 2 saturated heterocycles. The van der Waals surface area contributed by atoms with Gasteiger partial charge in [-0.2, -0.15) is 0 Å². The Bertz CT molecular complexity index is 133. The van der Waals surface area contributed by atoms with Crippen LogP contribution < -0.4 is 5.32 Å². The molecule has 0 aliphatic carbocycles. The van der Waals surface area contributed by atoms with Crippen LogP contribution >= 0.6 is 0 Å². The Morgan fingerprint density at radius 3 is 2.79 bits per heavy atom. The van der Waals surface area contributed by atoms with Gasteiger partial charge in [-0.15, -0.1) is 0 Å². The fourth-order valence-corrected chi connectivity index (χ4v) is 2.18. The molecular formula is C11H21NO2. The lowest BCUT2D eigenvalue weighted by molar-refractivity contribution is -0.0446. The molecular weight excluding hydrogens is 178 g/mol. The van der Waals surface area contributed by atoms with Gasteiger partial charge in [-0.25, -0.2) is 0 Å². The maximum absolute atomic E-state index is 5.90. The molecule has 2 rings (SSSR count). The van der Waals surface area contributed by atoms with Gasteiger partial charge < -0.3 is 14.8 Å². The second-order valence-corrected chi connectivity index (χ2v) is 4.36. The number of hydrogen-bond donors (Lipinski definition) is 1. The molecule has 3 heteroatoms. The highest BCUT2D eigenvalue weighted by Gasteiger charge is 2.18. The van der Waals surface area contributed by atoms with Crippen LogP contribution in [0.4, 0.5) is 0 Å². The molecule has 2 aliphatic heterocycles. The Hall–Kier alpha value is -0.120. The predicted octanol–water partition coefficient (Wildman–Crippen LogP) is 1.18. The van der Waals surface area contributed by atoms with Crippen LogP contribution in [0.15, 0.2) is 0 Å². The smallest absolute Gasteiger partial charge is 0.0619 e. The van der Waals surface area contributed by atoms with E-state index in [1.807, 2.05) is 0 Å². The standard InChI is InChI=1S/C11H21NO2/c1-2-10(8-12-5-1)9-14-11-3-6-13-7-4-11/h10-12H,1-9H2. The van der Waals surface area contributed by atoms with Gasteiger partial charge in [-0.3, -0.25) is 0 Å². The largest absolute Gasteiger partial charge is 0.381 e. The molecule has 0 aromatic carbocycles. The van der Waals surface area contributed by atoms with Gasteiger partial charge in [0.1, 0.15) is 0 Å². The fourth-order valence-electron chi connectivity index (χ4n) is 2.18. The molecule has 2 aliphatic rings. The quantitative estimate of drug-likeness (QED) is 0.740. The molecule has 0 amide bonds. The van der Waals surface area contributed by atoms with Gasteiger partial charge in [0.15, 0.2) is 0 Å². The molecule has 2 heterocycles. The van der Waals surface area contributed by atoms with Crippen LogP contribution in [0.3, 0.4) is 0 Å². The van der Waals surface area contributed by atoms with E-state index in [2.05, 4.69) is 5.32 Å². The second kappa shape index (κ2) is 5.69. The molecule has 1 atom stereocenters. The third-order valence-electron chi connectivity index (χ3n) is 3.13. The van der Waals surface area contributed by atoms with Crippen molar-refractivity contribution in [3.63, 3.8) is 0 Å². The third kappa shape index (κ3) is 3.23. The van der Waals surface area contributed by atoms with Crippen molar-refractivity contribution in [1.82, 2.24) is 5.32 Å². The van der Waals surface area contributed by atoms with E-state index in [4.69, 9.17) is 9.47 Å². The molecule has 82 valence electrons. The molecule has 0 aromatic rings. The lowest BCUT2D eigenvalue weighted by Gasteiger charge is -2.27. The van der Waals surface area contributed by atoms with E-state index < -0.39 is 0 Å². The first-order valence-corrected chi connectivity index (χ1v) is 5.85. The Kier molecular flexibility index (Phi) is 4.22. The maximum atomic E-state index is 5.90. The van der Waals surface area contributed by atoms with Crippen molar-refractivity contribution in [2.24, 2.45) is 5.92 Å². The molecule has 0 bridgehead atoms. The van der Waals surface area contributed by atoms with Gasteiger partial charge in [0.05, 0.1) is 12.7 Å². The Morgan fingerprint density at radius 1 is 1.21 bits per heavy atom. The summed E-state index contributed by atoms with van der Waals surface area (Å²) in [5.41, 5.74) is 0. The highest BCUT2D eigenvalue weighted by molar-refractivity contribution is 4.70. The zero-order valence-electron chi connectivity index (χ0n) is 8.84. The van der Waals surface area contributed by atoms with Crippen molar-refractivity contribution in [2.75, 3.05) is 32.9 Å². The van der Waals surface area contributed by atoms with Crippen molar-refractivity contribution in [3.05, 3.63) is 0 Å². The summed E-state index contributed by atoms with van der Waals surface area (Å²) < 4.78 is 11.2. The summed E-state index contributed by atoms with van der Waals surface area (Å²) in [7, 11) is 0. The van der Waals surface area contributed by atoms with E-state index in [1.54, 1.807) is 0 Å². The monoisotopic (exact) mass is 199 g/mol. The van der Waals surface area contributed by atoms with Crippen LogP contribution in [-0.2, 0) is 9.47 Å². The number of ether oxygens (including phenoxy) is 2. The summed E-state index contributed by atoms with van der Waals surface area (Å²) in [6.07, 6.45) is 5.27. The summed E-state index contributed by atoms with van der Waals surface area (Å²) in [5, 5.41) is 3.42. The van der Waals surface area contributed by atoms with Gasteiger partial charge in [0, 0.05) is 19.8 Å². The van der Waals surface area contributed by atoms with E-state index >= 15 is 0 Å². The van der Waals surface area contributed by atoms with Crippen molar-refractivity contribution >= 4 is 0 Å². The first-order chi connectivity index (χ1) is 6.95. The van der Waals surface area contributed by atoms with Crippen molar-refractivity contribution < 1.29 is 9.47 Å². The van der Waals surface area contributed by atoms with Crippen LogP contribution in [0.2, 0.25) is 0 Å². The minimum atomic E-state index is 0.464. The first-order valence-electron chi connectivity index (χ1n) is 5.85. The highest BCUT2D eigenvalue weighted by atomic mass is 16.5. The van der Waals surface area contributed by atoms with Crippen molar-refractivity contribution in [3.8, 4) is 0 Å². The summed E-state index contributed by atoms with van der Waals surface area (Å²) in [5.74, 6) is 0.742. The van der Waals surface area contributed by atoms with Gasteiger partial charge in [0.25, 0.3) is 0 Å². The number of piperidine rings is 1. The average Bonchev–Trinajstić information content (AvgIpc) is 2.29. The van der Waals surface area contributed by atoms with E-state index in [-0.39, 0.29) is 0 Å². The normalized spacial score (nSPS) is 30.4. The van der Waals surface area contributed by atoms with Crippen LogP contribution in [-0.4, -0.2) is 39.0 Å². The minimum Gasteiger partial charge on any atom is -0.381 e. The molecule has 0 radical (unpaired) electrons. The lowest BCUT2D eigenvalue weighted by Crippen LogP contribution is -2.34. The van der Waals surface area contributed by atoms with Crippen LogP contribution in [0.25, 0.3) is 0 Å². The van der Waals surface area contributed by atoms with E-state index in [0.29, 0.717) is 6.10 Å². The Labute approximate surface area is 86.2 Å². The van der Waals surface area contributed by atoms with Crippen molar-refractivity contribution in [1.29, 1.82) is 0 Å². The van der Waals surface area contributed by atoms with E-state index in [9.17, 15) is 0 Å². The van der Waals surface area contributed by atoms with Gasteiger partial charge in [-0.05, 0) is 38.1 Å². The zero-order chi connectivity index (χ0) is 9.64. The zero-order valence-corrected chi connectivity index (χ0v) is 8.84. The van der Waals surface area contributed by atoms with Gasteiger partial charge >= 0.3 is 0 Å². The minimum absolute atomic E-state index is 0.464. The predicted molar refractivity (Wildman–Crippen MR) is 55.4 cm³/mol. The van der Waals surface area contributed by atoms with Crippen LogP contribution in [0.5, 0.6) is 0 Å². The van der Waals surface area contributed by atoms with E-state index in [1.165, 1.54) is 19.4 Å². The third-order valence-corrected chi connectivity index (χ3v) is 3.13. The SMILES string of the molecule is C1CNCC(COC2CCOCC2)C1. The van der Waals surface area contributed by atoms with Gasteiger partial charge in [-0.1, -0.05) is 0 Å². The molecule has 1 unspecified atom stereocenters. The summed E-state index contributed by atoms with van der Waals surface area (Å²) >= 11 is 0. The van der Waals surface area contributed by atoms with E-state index in [0.717, 1.165) is 45.1 Å². The molecule has 1 N–H and O–H groups in total. The molecule has 0 spiro atoms.